The van der Waals surface area contributed by atoms with Crippen LogP contribution < -0.4 is 10.9 Å². The normalized spacial score (nSPS) is 21.8. The van der Waals surface area contributed by atoms with Crippen LogP contribution in [0.2, 0.25) is 0 Å². The van der Waals surface area contributed by atoms with Crippen molar-refractivity contribution >= 4 is 11.9 Å². The summed E-state index contributed by atoms with van der Waals surface area (Å²) in [5.74, 6) is -0.669. The Morgan fingerprint density at radius 2 is 1.95 bits per heavy atom. The molecule has 0 bridgehead atoms. The van der Waals surface area contributed by atoms with E-state index in [4.69, 9.17) is 5.11 Å². The third-order valence-electron chi connectivity index (χ3n) is 3.93. The standard InChI is InChI=1S/C15H20N2O4/c1-10-2-5-12(6-3-10)16-13(18)9-17-8-11(15(20)21)4-7-14(17)19/h4,7-8,10,12H,2-3,5-6,9H2,1H3,(H,16,18)(H,20,21). The lowest BCUT2D eigenvalue weighted by Gasteiger charge is -2.27. The molecule has 6 nitrogen and oxygen atoms in total. The van der Waals surface area contributed by atoms with Gasteiger partial charge in [0, 0.05) is 18.3 Å². The average Bonchev–Trinajstić information content (AvgIpc) is 2.43. The first-order valence-electron chi connectivity index (χ1n) is 7.19. The molecule has 1 aromatic heterocycles. The molecule has 1 aliphatic rings. The summed E-state index contributed by atoms with van der Waals surface area (Å²) in [7, 11) is 0. The molecule has 0 saturated heterocycles. The van der Waals surface area contributed by atoms with Crippen molar-refractivity contribution in [2.45, 2.75) is 45.2 Å². The fourth-order valence-corrected chi connectivity index (χ4v) is 2.61. The first-order chi connectivity index (χ1) is 9.95. The van der Waals surface area contributed by atoms with E-state index < -0.39 is 5.97 Å². The van der Waals surface area contributed by atoms with E-state index >= 15 is 0 Å². The van der Waals surface area contributed by atoms with Crippen molar-refractivity contribution in [3.63, 3.8) is 0 Å². The minimum atomic E-state index is -1.12. The van der Waals surface area contributed by atoms with Crippen LogP contribution in [0.15, 0.2) is 23.1 Å². The molecule has 0 aromatic carbocycles. The molecule has 6 heteroatoms. The number of aromatic nitrogens is 1. The maximum absolute atomic E-state index is 12.0. The van der Waals surface area contributed by atoms with Crippen molar-refractivity contribution in [1.29, 1.82) is 0 Å². The molecule has 0 radical (unpaired) electrons. The Hall–Kier alpha value is -2.11. The molecular weight excluding hydrogens is 272 g/mol. The van der Waals surface area contributed by atoms with Crippen molar-refractivity contribution in [3.05, 3.63) is 34.2 Å². The van der Waals surface area contributed by atoms with E-state index in [0.29, 0.717) is 5.92 Å². The third kappa shape index (κ3) is 4.18. The Morgan fingerprint density at radius 1 is 1.29 bits per heavy atom. The van der Waals surface area contributed by atoms with Gasteiger partial charge in [-0.3, -0.25) is 9.59 Å². The highest BCUT2D eigenvalue weighted by Crippen LogP contribution is 2.23. The van der Waals surface area contributed by atoms with E-state index in [9.17, 15) is 14.4 Å². The van der Waals surface area contributed by atoms with E-state index in [0.717, 1.165) is 30.3 Å². The smallest absolute Gasteiger partial charge is 0.337 e. The van der Waals surface area contributed by atoms with Crippen LogP contribution in [0.25, 0.3) is 0 Å². The summed E-state index contributed by atoms with van der Waals surface area (Å²) >= 11 is 0. The topological polar surface area (TPSA) is 88.4 Å². The minimum Gasteiger partial charge on any atom is -0.478 e. The van der Waals surface area contributed by atoms with Crippen LogP contribution in [0, 0.1) is 5.92 Å². The predicted molar refractivity (Wildman–Crippen MR) is 77.2 cm³/mol. The molecule has 0 unspecified atom stereocenters. The summed E-state index contributed by atoms with van der Waals surface area (Å²) in [6, 6.07) is 2.56. The quantitative estimate of drug-likeness (QED) is 0.874. The summed E-state index contributed by atoms with van der Waals surface area (Å²) in [4.78, 5) is 34.5. The number of carboxylic acid groups (broad SMARTS) is 1. The largest absolute Gasteiger partial charge is 0.478 e. The van der Waals surface area contributed by atoms with Gasteiger partial charge in [0.2, 0.25) is 5.91 Å². The molecule has 1 saturated carbocycles. The van der Waals surface area contributed by atoms with E-state index in [1.54, 1.807) is 0 Å². The number of rotatable bonds is 4. The molecule has 2 rings (SSSR count). The molecule has 114 valence electrons. The van der Waals surface area contributed by atoms with Gasteiger partial charge in [-0.15, -0.1) is 0 Å². The predicted octanol–water partition coefficient (Wildman–Crippen LogP) is 1.24. The molecule has 0 aliphatic heterocycles. The summed E-state index contributed by atoms with van der Waals surface area (Å²) in [5.41, 5.74) is -0.388. The van der Waals surface area contributed by atoms with Gasteiger partial charge < -0.3 is 15.0 Å². The molecule has 1 aliphatic carbocycles. The number of nitrogens with one attached hydrogen (secondary N) is 1. The van der Waals surface area contributed by atoms with Gasteiger partial charge in [0.25, 0.3) is 5.56 Å². The molecule has 0 spiro atoms. The van der Waals surface area contributed by atoms with Crippen molar-refractivity contribution in [3.8, 4) is 0 Å². The van der Waals surface area contributed by atoms with Crippen LogP contribution in [-0.4, -0.2) is 27.6 Å². The molecular formula is C15H20N2O4. The second-order valence-corrected chi connectivity index (χ2v) is 5.71. The van der Waals surface area contributed by atoms with Gasteiger partial charge in [0.1, 0.15) is 6.54 Å². The number of carboxylic acids is 1. The number of nitrogens with zero attached hydrogens (tertiary/aromatic N) is 1. The summed E-state index contributed by atoms with van der Waals surface area (Å²) in [5, 5.41) is 11.8. The Morgan fingerprint density at radius 3 is 2.57 bits per heavy atom. The SMILES string of the molecule is CC1CCC(NC(=O)Cn2cc(C(=O)O)ccc2=O)CC1. The van der Waals surface area contributed by atoms with Gasteiger partial charge in [-0.2, -0.15) is 0 Å². The first kappa shape index (κ1) is 15.3. The molecule has 1 aromatic rings. The lowest BCUT2D eigenvalue weighted by Crippen LogP contribution is -2.40. The average molecular weight is 292 g/mol. The van der Waals surface area contributed by atoms with Crippen molar-refractivity contribution in [2.75, 3.05) is 0 Å². The Kier molecular flexibility index (Phi) is 4.77. The number of hydrogen-bond acceptors (Lipinski definition) is 3. The number of aromatic carboxylic acids is 1. The highest BCUT2D eigenvalue weighted by Gasteiger charge is 2.20. The number of hydrogen-bond donors (Lipinski definition) is 2. The van der Waals surface area contributed by atoms with Crippen molar-refractivity contribution < 1.29 is 14.7 Å². The Balaban J connectivity index is 1.98. The highest BCUT2D eigenvalue weighted by molar-refractivity contribution is 5.87. The zero-order valence-corrected chi connectivity index (χ0v) is 12.0. The lowest BCUT2D eigenvalue weighted by molar-refractivity contribution is -0.122. The van der Waals surface area contributed by atoms with E-state index in [-0.39, 0.29) is 29.6 Å². The number of carbonyl (C=O) groups excluding carboxylic acids is 1. The molecule has 2 N–H and O–H groups in total. The van der Waals surface area contributed by atoms with Gasteiger partial charge in [-0.25, -0.2) is 4.79 Å². The third-order valence-corrected chi connectivity index (χ3v) is 3.93. The summed E-state index contributed by atoms with van der Waals surface area (Å²) in [6.45, 7) is 2.06. The van der Waals surface area contributed by atoms with E-state index in [1.807, 2.05) is 0 Å². The van der Waals surface area contributed by atoms with Crippen LogP contribution in [0.5, 0.6) is 0 Å². The monoisotopic (exact) mass is 292 g/mol. The molecule has 0 atom stereocenters. The summed E-state index contributed by atoms with van der Waals surface area (Å²) in [6.07, 6.45) is 5.31. The van der Waals surface area contributed by atoms with Crippen LogP contribution in [0.4, 0.5) is 0 Å². The van der Waals surface area contributed by atoms with Crippen LogP contribution >= 0.6 is 0 Å². The maximum Gasteiger partial charge on any atom is 0.337 e. The fraction of sp³-hybridized carbons (Fsp3) is 0.533. The molecule has 1 amide bonds. The van der Waals surface area contributed by atoms with Gasteiger partial charge in [0.15, 0.2) is 0 Å². The molecule has 1 heterocycles. The molecule has 1 fully saturated rings. The van der Waals surface area contributed by atoms with E-state index in [1.165, 1.54) is 18.3 Å². The second kappa shape index (κ2) is 6.56. The van der Waals surface area contributed by atoms with Crippen molar-refractivity contribution in [1.82, 2.24) is 9.88 Å². The van der Waals surface area contributed by atoms with E-state index in [2.05, 4.69) is 12.2 Å². The number of carbonyl (C=O) groups is 2. The zero-order chi connectivity index (χ0) is 15.4. The van der Waals surface area contributed by atoms with Gasteiger partial charge in [-0.05, 0) is 37.7 Å². The Labute approximate surface area is 122 Å². The fourth-order valence-electron chi connectivity index (χ4n) is 2.61. The first-order valence-corrected chi connectivity index (χ1v) is 7.19. The zero-order valence-electron chi connectivity index (χ0n) is 12.0. The summed E-state index contributed by atoms with van der Waals surface area (Å²) < 4.78 is 1.13. The van der Waals surface area contributed by atoms with Crippen LogP contribution in [0.1, 0.15) is 43.0 Å². The minimum absolute atomic E-state index is 0.00566. The van der Waals surface area contributed by atoms with Gasteiger partial charge >= 0.3 is 5.97 Å². The second-order valence-electron chi connectivity index (χ2n) is 5.71. The lowest BCUT2D eigenvalue weighted by atomic mass is 9.87. The number of pyridine rings is 1. The number of amides is 1. The van der Waals surface area contributed by atoms with Crippen LogP contribution in [-0.2, 0) is 11.3 Å². The van der Waals surface area contributed by atoms with Crippen molar-refractivity contribution in [2.24, 2.45) is 5.92 Å². The highest BCUT2D eigenvalue weighted by atomic mass is 16.4. The van der Waals surface area contributed by atoms with Gasteiger partial charge in [-0.1, -0.05) is 6.92 Å². The Bertz CT molecular complexity index is 586. The van der Waals surface area contributed by atoms with Crippen LogP contribution in [0.3, 0.4) is 0 Å². The molecule has 21 heavy (non-hydrogen) atoms. The maximum atomic E-state index is 12.0. The van der Waals surface area contributed by atoms with Gasteiger partial charge in [0.05, 0.1) is 5.56 Å².